The van der Waals surface area contributed by atoms with Gasteiger partial charge in [0.1, 0.15) is 0 Å². The molecule has 0 bridgehead atoms. The normalized spacial score (nSPS) is 13.7. The molecule has 0 unspecified atom stereocenters. The summed E-state index contributed by atoms with van der Waals surface area (Å²) in [6, 6.07) is 12.4. The van der Waals surface area contributed by atoms with E-state index in [2.05, 4.69) is 48.0 Å². The SMILES string of the molecule is CCCCc1ccc([C@@H](N[C@@H](C)C(N)=O)c2cccs2)cc1. The Labute approximate surface area is 136 Å². The van der Waals surface area contributed by atoms with Gasteiger partial charge in [-0.2, -0.15) is 0 Å². The van der Waals surface area contributed by atoms with Gasteiger partial charge in [-0.05, 0) is 42.3 Å². The van der Waals surface area contributed by atoms with Gasteiger partial charge in [-0.1, -0.05) is 43.7 Å². The van der Waals surface area contributed by atoms with Crippen LogP contribution in [0.4, 0.5) is 0 Å². The maximum atomic E-state index is 11.4. The van der Waals surface area contributed by atoms with Crippen LogP contribution in [-0.4, -0.2) is 11.9 Å². The fourth-order valence-corrected chi connectivity index (χ4v) is 3.20. The minimum absolute atomic E-state index is 0.00252. The molecule has 0 aliphatic rings. The Balaban J connectivity index is 2.19. The van der Waals surface area contributed by atoms with Crippen molar-refractivity contribution >= 4 is 17.2 Å². The fourth-order valence-electron chi connectivity index (χ4n) is 2.39. The van der Waals surface area contributed by atoms with Crippen LogP contribution in [0.1, 0.15) is 48.7 Å². The number of hydrogen-bond donors (Lipinski definition) is 2. The molecular weight excluding hydrogens is 292 g/mol. The second kappa shape index (κ2) is 8.11. The molecule has 4 heteroatoms. The first kappa shape index (κ1) is 16.7. The zero-order chi connectivity index (χ0) is 15.9. The van der Waals surface area contributed by atoms with Gasteiger partial charge >= 0.3 is 0 Å². The molecule has 0 fully saturated rings. The van der Waals surface area contributed by atoms with Crippen LogP contribution in [0, 0.1) is 0 Å². The highest BCUT2D eigenvalue weighted by atomic mass is 32.1. The minimum atomic E-state index is -0.369. The topological polar surface area (TPSA) is 55.1 Å². The number of nitrogens with two attached hydrogens (primary N) is 1. The number of carbonyl (C=O) groups excluding carboxylic acids is 1. The van der Waals surface area contributed by atoms with Gasteiger partial charge in [0.2, 0.25) is 5.91 Å². The lowest BCUT2D eigenvalue weighted by Gasteiger charge is -2.21. The van der Waals surface area contributed by atoms with Crippen LogP contribution in [0.2, 0.25) is 0 Å². The quantitative estimate of drug-likeness (QED) is 0.781. The molecule has 1 heterocycles. The molecule has 0 saturated carbocycles. The van der Waals surface area contributed by atoms with E-state index in [0.29, 0.717) is 0 Å². The Morgan fingerprint density at radius 2 is 2.00 bits per heavy atom. The highest BCUT2D eigenvalue weighted by Gasteiger charge is 2.19. The first-order valence-electron chi connectivity index (χ1n) is 7.79. The molecule has 3 N–H and O–H groups in total. The van der Waals surface area contributed by atoms with Crippen molar-refractivity contribution < 1.29 is 4.79 Å². The molecule has 1 aromatic heterocycles. The lowest BCUT2D eigenvalue weighted by molar-refractivity contribution is -0.119. The number of nitrogens with one attached hydrogen (secondary N) is 1. The maximum Gasteiger partial charge on any atom is 0.234 e. The van der Waals surface area contributed by atoms with Gasteiger partial charge < -0.3 is 5.73 Å². The first-order valence-corrected chi connectivity index (χ1v) is 8.67. The van der Waals surface area contributed by atoms with Crippen LogP contribution >= 0.6 is 11.3 Å². The van der Waals surface area contributed by atoms with Crippen molar-refractivity contribution in [1.82, 2.24) is 5.32 Å². The molecule has 1 amide bonds. The van der Waals surface area contributed by atoms with Crippen molar-refractivity contribution in [3.8, 4) is 0 Å². The lowest BCUT2D eigenvalue weighted by Crippen LogP contribution is -2.40. The summed E-state index contributed by atoms with van der Waals surface area (Å²) >= 11 is 1.68. The van der Waals surface area contributed by atoms with Crippen LogP contribution in [0.15, 0.2) is 41.8 Å². The van der Waals surface area contributed by atoms with E-state index in [-0.39, 0.29) is 18.0 Å². The molecule has 3 nitrogen and oxygen atoms in total. The van der Waals surface area contributed by atoms with Crippen molar-refractivity contribution in [3.05, 3.63) is 57.8 Å². The highest BCUT2D eigenvalue weighted by Crippen LogP contribution is 2.27. The summed E-state index contributed by atoms with van der Waals surface area (Å²) in [6.45, 7) is 4.01. The Bertz CT molecular complexity index is 578. The van der Waals surface area contributed by atoms with E-state index in [0.717, 1.165) is 12.0 Å². The molecule has 0 spiro atoms. The first-order chi connectivity index (χ1) is 10.6. The molecule has 1 aromatic carbocycles. The van der Waals surface area contributed by atoms with E-state index in [9.17, 15) is 4.79 Å². The van der Waals surface area contributed by atoms with E-state index in [1.54, 1.807) is 18.3 Å². The molecule has 0 radical (unpaired) electrons. The highest BCUT2D eigenvalue weighted by molar-refractivity contribution is 7.10. The standard InChI is InChI=1S/C18H24N2OS/c1-3-4-6-14-8-10-15(11-9-14)17(16-7-5-12-22-16)20-13(2)18(19)21/h5,7-13,17,20H,3-4,6H2,1-2H3,(H2,19,21)/t13-,17+/m0/s1. The number of amides is 1. The van der Waals surface area contributed by atoms with Gasteiger partial charge in [0.15, 0.2) is 0 Å². The van der Waals surface area contributed by atoms with Crippen LogP contribution in [0.3, 0.4) is 0 Å². The van der Waals surface area contributed by atoms with Gasteiger partial charge in [-0.15, -0.1) is 11.3 Å². The van der Waals surface area contributed by atoms with E-state index < -0.39 is 0 Å². The molecule has 22 heavy (non-hydrogen) atoms. The van der Waals surface area contributed by atoms with Gasteiger partial charge in [0.25, 0.3) is 0 Å². The Kier molecular flexibility index (Phi) is 6.16. The number of hydrogen-bond acceptors (Lipinski definition) is 3. The average Bonchev–Trinajstić information content (AvgIpc) is 3.05. The second-order valence-electron chi connectivity index (χ2n) is 5.58. The van der Waals surface area contributed by atoms with Gasteiger partial charge in [0, 0.05) is 4.88 Å². The number of rotatable bonds is 8. The van der Waals surface area contributed by atoms with Crippen molar-refractivity contribution in [2.24, 2.45) is 5.73 Å². The van der Waals surface area contributed by atoms with Crippen LogP contribution in [-0.2, 0) is 11.2 Å². The molecule has 0 aliphatic carbocycles. The minimum Gasteiger partial charge on any atom is -0.368 e. The third-order valence-corrected chi connectivity index (χ3v) is 4.74. The Morgan fingerprint density at radius 3 is 2.55 bits per heavy atom. The van der Waals surface area contributed by atoms with Crippen LogP contribution in [0.5, 0.6) is 0 Å². The number of thiophene rings is 1. The van der Waals surface area contributed by atoms with Crippen molar-refractivity contribution in [2.75, 3.05) is 0 Å². The van der Waals surface area contributed by atoms with Crippen LogP contribution < -0.4 is 11.1 Å². The van der Waals surface area contributed by atoms with Gasteiger partial charge in [-0.3, -0.25) is 10.1 Å². The smallest absolute Gasteiger partial charge is 0.234 e. The summed E-state index contributed by atoms with van der Waals surface area (Å²) in [6.07, 6.45) is 3.54. The predicted octanol–water partition coefficient (Wildman–Crippen LogP) is 3.64. The molecule has 118 valence electrons. The zero-order valence-electron chi connectivity index (χ0n) is 13.2. The lowest BCUT2D eigenvalue weighted by atomic mass is 10.0. The summed E-state index contributed by atoms with van der Waals surface area (Å²) in [5.74, 6) is -0.332. The monoisotopic (exact) mass is 316 g/mol. The number of unbranched alkanes of at least 4 members (excludes halogenated alkanes) is 1. The molecule has 0 aliphatic heterocycles. The van der Waals surface area contributed by atoms with E-state index in [1.807, 2.05) is 6.07 Å². The number of primary amides is 1. The zero-order valence-corrected chi connectivity index (χ0v) is 14.0. The summed E-state index contributed by atoms with van der Waals surface area (Å²) in [5.41, 5.74) is 7.92. The molecule has 0 saturated heterocycles. The Morgan fingerprint density at radius 1 is 1.27 bits per heavy atom. The van der Waals surface area contributed by atoms with Crippen molar-refractivity contribution in [3.63, 3.8) is 0 Å². The third kappa shape index (κ3) is 4.42. The summed E-state index contributed by atoms with van der Waals surface area (Å²) < 4.78 is 0. The van der Waals surface area contributed by atoms with E-state index in [4.69, 9.17) is 5.73 Å². The van der Waals surface area contributed by atoms with Crippen molar-refractivity contribution in [1.29, 1.82) is 0 Å². The number of benzene rings is 1. The summed E-state index contributed by atoms with van der Waals surface area (Å²) in [7, 11) is 0. The molecule has 2 atom stereocenters. The molecule has 2 rings (SSSR count). The molecule has 2 aromatic rings. The van der Waals surface area contributed by atoms with Gasteiger partial charge in [-0.25, -0.2) is 0 Å². The van der Waals surface area contributed by atoms with Gasteiger partial charge in [0.05, 0.1) is 12.1 Å². The predicted molar refractivity (Wildman–Crippen MR) is 93.0 cm³/mol. The van der Waals surface area contributed by atoms with E-state index in [1.165, 1.54) is 23.3 Å². The third-order valence-electron chi connectivity index (χ3n) is 3.80. The maximum absolute atomic E-state index is 11.4. The second-order valence-corrected chi connectivity index (χ2v) is 6.56. The summed E-state index contributed by atoms with van der Waals surface area (Å²) in [4.78, 5) is 12.6. The number of aryl methyl sites for hydroxylation is 1. The van der Waals surface area contributed by atoms with Crippen LogP contribution in [0.25, 0.3) is 0 Å². The largest absolute Gasteiger partial charge is 0.368 e. The van der Waals surface area contributed by atoms with E-state index >= 15 is 0 Å². The number of carbonyl (C=O) groups is 1. The molecular formula is C18H24N2OS. The average molecular weight is 316 g/mol. The fraction of sp³-hybridized carbons (Fsp3) is 0.389. The summed E-state index contributed by atoms with van der Waals surface area (Å²) in [5, 5.41) is 5.38. The Hall–Kier alpha value is -1.65. The van der Waals surface area contributed by atoms with Crippen molar-refractivity contribution in [2.45, 2.75) is 45.2 Å².